The molecule has 0 aliphatic carbocycles. The van der Waals surface area contributed by atoms with Crippen LogP contribution in [-0.2, 0) is 18.9 Å². The second-order valence-corrected chi connectivity index (χ2v) is 4.37. The first-order chi connectivity index (χ1) is 8.34. The van der Waals surface area contributed by atoms with E-state index < -0.39 is 0 Å². The first kappa shape index (κ1) is 11.2. The van der Waals surface area contributed by atoms with Gasteiger partial charge in [-0.3, -0.25) is 0 Å². The van der Waals surface area contributed by atoms with Gasteiger partial charge in [0.05, 0.1) is 12.7 Å². The fourth-order valence-corrected chi connectivity index (χ4v) is 2.22. The van der Waals surface area contributed by atoms with Crippen LogP contribution in [0.5, 0.6) is 0 Å². The molecule has 2 aliphatic rings. The highest BCUT2D eigenvalue weighted by Crippen LogP contribution is 2.31. The van der Waals surface area contributed by atoms with Crippen molar-refractivity contribution in [2.75, 3.05) is 13.4 Å². The molecule has 0 amide bonds. The third-order valence-corrected chi connectivity index (χ3v) is 3.21. The number of hydrogen-bond donors (Lipinski definition) is 0. The smallest absolute Gasteiger partial charge is 0.184 e. The standard InChI is InChI=1S/C13H16O4/c1-9-12-11(16-8-15-9)7-14-13(17-12)10-5-3-2-4-6-10/h2-6,9,11-13H,7-8H2,1H3. The molecule has 4 unspecified atom stereocenters. The number of ether oxygens (including phenoxy) is 4. The number of fused-ring (bicyclic) bond motifs is 1. The van der Waals surface area contributed by atoms with Gasteiger partial charge in [0.2, 0.25) is 0 Å². The van der Waals surface area contributed by atoms with Crippen LogP contribution in [-0.4, -0.2) is 31.7 Å². The number of benzene rings is 1. The Morgan fingerprint density at radius 2 is 1.88 bits per heavy atom. The summed E-state index contributed by atoms with van der Waals surface area (Å²) in [4.78, 5) is 0. The van der Waals surface area contributed by atoms with Crippen LogP contribution in [0, 0.1) is 0 Å². The second-order valence-electron chi connectivity index (χ2n) is 4.37. The van der Waals surface area contributed by atoms with Gasteiger partial charge in [0.1, 0.15) is 19.0 Å². The quantitative estimate of drug-likeness (QED) is 0.745. The van der Waals surface area contributed by atoms with Gasteiger partial charge in [0.15, 0.2) is 6.29 Å². The van der Waals surface area contributed by atoms with E-state index >= 15 is 0 Å². The van der Waals surface area contributed by atoms with E-state index in [0.29, 0.717) is 13.4 Å². The van der Waals surface area contributed by atoms with Gasteiger partial charge in [-0.1, -0.05) is 30.3 Å². The zero-order valence-electron chi connectivity index (χ0n) is 9.74. The molecular formula is C13H16O4. The summed E-state index contributed by atoms with van der Waals surface area (Å²) in [5.41, 5.74) is 1.03. The fraction of sp³-hybridized carbons (Fsp3) is 0.538. The van der Waals surface area contributed by atoms with Gasteiger partial charge in [0, 0.05) is 5.56 Å². The molecule has 4 nitrogen and oxygen atoms in total. The van der Waals surface area contributed by atoms with Crippen molar-refractivity contribution in [1.29, 1.82) is 0 Å². The predicted molar refractivity (Wildman–Crippen MR) is 60.3 cm³/mol. The van der Waals surface area contributed by atoms with Crippen molar-refractivity contribution >= 4 is 0 Å². The van der Waals surface area contributed by atoms with Gasteiger partial charge in [-0.05, 0) is 6.92 Å². The Kier molecular flexibility index (Phi) is 3.11. The van der Waals surface area contributed by atoms with Crippen molar-refractivity contribution in [3.05, 3.63) is 35.9 Å². The van der Waals surface area contributed by atoms with E-state index in [1.54, 1.807) is 0 Å². The lowest BCUT2D eigenvalue weighted by atomic mass is 10.1. The Bertz CT molecular complexity index is 367. The molecule has 2 saturated heterocycles. The Balaban J connectivity index is 1.74. The van der Waals surface area contributed by atoms with Crippen LogP contribution in [0.1, 0.15) is 18.8 Å². The zero-order valence-corrected chi connectivity index (χ0v) is 9.74. The van der Waals surface area contributed by atoms with E-state index in [1.165, 1.54) is 0 Å². The van der Waals surface area contributed by atoms with Crippen molar-refractivity contribution in [2.24, 2.45) is 0 Å². The largest absolute Gasteiger partial charge is 0.350 e. The normalized spacial score (nSPS) is 37.5. The summed E-state index contributed by atoms with van der Waals surface area (Å²) in [5, 5.41) is 0. The molecule has 0 bridgehead atoms. The first-order valence-corrected chi connectivity index (χ1v) is 5.90. The second kappa shape index (κ2) is 4.74. The summed E-state index contributed by atoms with van der Waals surface area (Å²) in [7, 11) is 0. The van der Waals surface area contributed by atoms with Gasteiger partial charge < -0.3 is 18.9 Å². The molecule has 1 aromatic carbocycles. The Labute approximate surface area is 100 Å². The van der Waals surface area contributed by atoms with Crippen LogP contribution in [0.3, 0.4) is 0 Å². The lowest BCUT2D eigenvalue weighted by molar-refractivity contribution is -0.331. The molecule has 1 aromatic rings. The summed E-state index contributed by atoms with van der Waals surface area (Å²) in [6.07, 6.45) is -0.338. The highest BCUT2D eigenvalue weighted by atomic mass is 16.8. The summed E-state index contributed by atoms with van der Waals surface area (Å²) < 4.78 is 22.5. The van der Waals surface area contributed by atoms with E-state index in [-0.39, 0.29) is 24.6 Å². The van der Waals surface area contributed by atoms with Crippen molar-refractivity contribution in [1.82, 2.24) is 0 Å². The van der Waals surface area contributed by atoms with E-state index in [4.69, 9.17) is 18.9 Å². The Hall–Kier alpha value is -0.940. The van der Waals surface area contributed by atoms with Crippen LogP contribution in [0.2, 0.25) is 0 Å². The molecule has 17 heavy (non-hydrogen) atoms. The highest BCUT2D eigenvalue weighted by molar-refractivity contribution is 5.16. The molecule has 0 aromatic heterocycles. The monoisotopic (exact) mass is 236 g/mol. The molecular weight excluding hydrogens is 220 g/mol. The highest BCUT2D eigenvalue weighted by Gasteiger charge is 2.40. The van der Waals surface area contributed by atoms with Crippen LogP contribution >= 0.6 is 0 Å². The van der Waals surface area contributed by atoms with Crippen LogP contribution in [0.25, 0.3) is 0 Å². The molecule has 3 rings (SSSR count). The topological polar surface area (TPSA) is 36.9 Å². The van der Waals surface area contributed by atoms with Gasteiger partial charge in [-0.2, -0.15) is 0 Å². The number of rotatable bonds is 1. The zero-order chi connectivity index (χ0) is 11.7. The molecule has 2 heterocycles. The molecule has 0 N–H and O–H groups in total. The summed E-state index contributed by atoms with van der Waals surface area (Å²) in [6, 6.07) is 9.93. The van der Waals surface area contributed by atoms with Crippen LogP contribution < -0.4 is 0 Å². The summed E-state index contributed by atoms with van der Waals surface area (Å²) >= 11 is 0. The third kappa shape index (κ3) is 2.21. The Morgan fingerprint density at radius 1 is 1.06 bits per heavy atom. The minimum atomic E-state index is -0.315. The van der Waals surface area contributed by atoms with Gasteiger partial charge in [-0.15, -0.1) is 0 Å². The van der Waals surface area contributed by atoms with Crippen LogP contribution in [0.15, 0.2) is 30.3 Å². The lowest BCUT2D eigenvalue weighted by Gasteiger charge is -2.42. The molecule has 92 valence electrons. The van der Waals surface area contributed by atoms with Crippen molar-refractivity contribution in [2.45, 2.75) is 31.5 Å². The molecule has 2 fully saturated rings. The SMILES string of the molecule is CC1OCOC2COC(c3ccccc3)OC12. The van der Waals surface area contributed by atoms with Gasteiger partial charge >= 0.3 is 0 Å². The molecule has 4 heteroatoms. The minimum absolute atomic E-state index is 0.0151. The van der Waals surface area contributed by atoms with Crippen molar-refractivity contribution in [3.8, 4) is 0 Å². The predicted octanol–water partition coefficient (Wildman–Crippen LogP) is 1.86. The molecule has 0 radical (unpaired) electrons. The minimum Gasteiger partial charge on any atom is -0.350 e. The van der Waals surface area contributed by atoms with Crippen molar-refractivity contribution in [3.63, 3.8) is 0 Å². The average Bonchev–Trinajstić information content (AvgIpc) is 2.40. The van der Waals surface area contributed by atoms with Crippen LogP contribution in [0.4, 0.5) is 0 Å². The van der Waals surface area contributed by atoms with E-state index in [9.17, 15) is 0 Å². The summed E-state index contributed by atoms with van der Waals surface area (Å²) in [5.74, 6) is 0. The number of hydrogen-bond acceptors (Lipinski definition) is 4. The van der Waals surface area contributed by atoms with Crippen molar-refractivity contribution < 1.29 is 18.9 Å². The van der Waals surface area contributed by atoms with Gasteiger partial charge in [0.25, 0.3) is 0 Å². The van der Waals surface area contributed by atoms with E-state index in [1.807, 2.05) is 37.3 Å². The fourth-order valence-electron chi connectivity index (χ4n) is 2.22. The molecule has 2 aliphatic heterocycles. The third-order valence-electron chi connectivity index (χ3n) is 3.21. The maximum Gasteiger partial charge on any atom is 0.184 e. The molecule has 0 saturated carbocycles. The average molecular weight is 236 g/mol. The molecule has 4 atom stereocenters. The van der Waals surface area contributed by atoms with E-state index in [2.05, 4.69) is 0 Å². The first-order valence-electron chi connectivity index (χ1n) is 5.90. The molecule has 0 spiro atoms. The van der Waals surface area contributed by atoms with Gasteiger partial charge in [-0.25, -0.2) is 0 Å². The van der Waals surface area contributed by atoms with E-state index in [0.717, 1.165) is 5.56 Å². The lowest BCUT2D eigenvalue weighted by Crippen LogP contribution is -2.52. The Morgan fingerprint density at radius 3 is 2.71 bits per heavy atom. The maximum absolute atomic E-state index is 5.92. The maximum atomic E-state index is 5.92. The summed E-state index contributed by atoms with van der Waals surface area (Å²) in [6.45, 7) is 2.89.